The van der Waals surface area contributed by atoms with Crippen LogP contribution in [0.1, 0.15) is 44.7 Å². The molecule has 3 heterocycles. The number of aryl methyl sites for hydroxylation is 1. The number of halogens is 2. The first kappa shape index (κ1) is 22.9. The standard InChI is InChI=1S/C24H30F2N6O/c1-14(2)29-21-6-7-31(15(3)33)13-20(21)24(27)32-8-5-16-9-18(17-11-28-30(4)12-17)19(23(25)26)10-22(16)32/h9-12,14,23,27,29H,5-8,13H2,1-4H3. The second kappa shape index (κ2) is 8.96. The van der Waals surface area contributed by atoms with E-state index in [0.29, 0.717) is 49.3 Å². The maximum atomic E-state index is 14.1. The van der Waals surface area contributed by atoms with E-state index in [9.17, 15) is 13.6 Å². The number of carbonyl (C=O) groups is 1. The van der Waals surface area contributed by atoms with Gasteiger partial charge in [0.15, 0.2) is 0 Å². The van der Waals surface area contributed by atoms with Gasteiger partial charge in [0.1, 0.15) is 5.84 Å². The van der Waals surface area contributed by atoms with E-state index in [1.165, 1.54) is 13.0 Å². The SMILES string of the molecule is CC(=O)N1CCC(NC(C)C)=C(C(=N)N2CCc3cc(-c4cnn(C)c4)c(C(F)F)cc32)C1. The van der Waals surface area contributed by atoms with Gasteiger partial charge in [0, 0.05) is 73.8 Å². The molecule has 7 nitrogen and oxygen atoms in total. The van der Waals surface area contributed by atoms with Crippen LogP contribution < -0.4 is 10.2 Å². The van der Waals surface area contributed by atoms with Crippen LogP contribution in [0.4, 0.5) is 14.5 Å². The van der Waals surface area contributed by atoms with E-state index >= 15 is 0 Å². The van der Waals surface area contributed by atoms with Crippen molar-refractivity contribution in [3.8, 4) is 11.1 Å². The number of amidine groups is 1. The molecular weight excluding hydrogens is 426 g/mol. The highest BCUT2D eigenvalue weighted by Gasteiger charge is 2.32. The summed E-state index contributed by atoms with van der Waals surface area (Å²) in [5.41, 5.74) is 4.33. The molecule has 0 radical (unpaired) electrons. The zero-order valence-electron chi connectivity index (χ0n) is 19.5. The van der Waals surface area contributed by atoms with Gasteiger partial charge in [0.05, 0.1) is 12.7 Å². The highest BCUT2D eigenvalue weighted by atomic mass is 19.3. The molecule has 33 heavy (non-hydrogen) atoms. The van der Waals surface area contributed by atoms with Gasteiger partial charge < -0.3 is 15.1 Å². The minimum absolute atomic E-state index is 0.0354. The highest BCUT2D eigenvalue weighted by Crippen LogP contribution is 2.40. The first-order valence-corrected chi connectivity index (χ1v) is 11.2. The number of hydrogen-bond acceptors (Lipinski definition) is 4. The summed E-state index contributed by atoms with van der Waals surface area (Å²) in [4.78, 5) is 15.5. The van der Waals surface area contributed by atoms with Crippen LogP contribution in [0.15, 0.2) is 35.8 Å². The van der Waals surface area contributed by atoms with E-state index in [0.717, 1.165) is 16.8 Å². The fourth-order valence-corrected chi connectivity index (χ4v) is 4.60. The van der Waals surface area contributed by atoms with Gasteiger partial charge in [-0.2, -0.15) is 5.10 Å². The number of nitrogens with one attached hydrogen (secondary N) is 2. The van der Waals surface area contributed by atoms with E-state index < -0.39 is 6.43 Å². The lowest BCUT2D eigenvalue weighted by Gasteiger charge is -2.34. The number of anilines is 1. The van der Waals surface area contributed by atoms with Gasteiger partial charge in [0.25, 0.3) is 6.43 Å². The molecule has 0 bridgehead atoms. The lowest BCUT2D eigenvalue weighted by molar-refractivity contribution is -0.128. The molecule has 9 heteroatoms. The number of carbonyl (C=O) groups excluding carboxylic acids is 1. The number of nitrogens with zero attached hydrogens (tertiary/aromatic N) is 4. The average molecular weight is 457 g/mol. The molecule has 1 aromatic carbocycles. The molecule has 0 spiro atoms. The second-order valence-electron chi connectivity index (χ2n) is 8.97. The molecule has 0 saturated heterocycles. The molecule has 2 aromatic rings. The lowest BCUT2D eigenvalue weighted by Crippen LogP contribution is -2.44. The van der Waals surface area contributed by atoms with Crippen molar-refractivity contribution < 1.29 is 13.6 Å². The number of alkyl halides is 2. The molecule has 2 aliphatic rings. The van der Waals surface area contributed by atoms with Gasteiger partial charge in [-0.3, -0.25) is 14.9 Å². The Morgan fingerprint density at radius 3 is 2.58 bits per heavy atom. The first-order chi connectivity index (χ1) is 15.7. The van der Waals surface area contributed by atoms with Crippen molar-refractivity contribution in [1.82, 2.24) is 20.0 Å². The van der Waals surface area contributed by atoms with Gasteiger partial charge in [-0.25, -0.2) is 8.78 Å². The van der Waals surface area contributed by atoms with Crippen LogP contribution in [0.3, 0.4) is 0 Å². The lowest BCUT2D eigenvalue weighted by atomic mass is 9.97. The van der Waals surface area contributed by atoms with Crippen LogP contribution in [0.25, 0.3) is 11.1 Å². The average Bonchev–Trinajstić information content (AvgIpc) is 3.37. The zero-order chi connectivity index (χ0) is 23.9. The van der Waals surface area contributed by atoms with Gasteiger partial charge >= 0.3 is 0 Å². The topological polar surface area (TPSA) is 77.2 Å². The van der Waals surface area contributed by atoms with E-state index in [2.05, 4.69) is 10.4 Å². The number of benzene rings is 1. The molecule has 1 aromatic heterocycles. The van der Waals surface area contributed by atoms with Crippen LogP contribution in [-0.4, -0.2) is 52.1 Å². The number of rotatable bonds is 5. The van der Waals surface area contributed by atoms with Crippen LogP contribution in [0.2, 0.25) is 0 Å². The molecule has 2 aliphatic heterocycles. The molecule has 176 valence electrons. The predicted octanol–water partition coefficient (Wildman–Crippen LogP) is 3.87. The third kappa shape index (κ3) is 4.49. The summed E-state index contributed by atoms with van der Waals surface area (Å²) in [6, 6.07) is 3.52. The van der Waals surface area contributed by atoms with Gasteiger partial charge in [-0.15, -0.1) is 0 Å². The van der Waals surface area contributed by atoms with E-state index in [1.807, 2.05) is 19.9 Å². The predicted molar refractivity (Wildman–Crippen MR) is 125 cm³/mol. The largest absolute Gasteiger partial charge is 0.386 e. The third-order valence-electron chi connectivity index (χ3n) is 6.21. The molecular formula is C24H30F2N6O. The maximum absolute atomic E-state index is 14.1. The summed E-state index contributed by atoms with van der Waals surface area (Å²) < 4.78 is 29.7. The van der Waals surface area contributed by atoms with Crippen molar-refractivity contribution in [2.45, 2.75) is 46.1 Å². The molecule has 0 unspecified atom stereocenters. The Kier molecular flexibility index (Phi) is 6.23. The zero-order valence-corrected chi connectivity index (χ0v) is 19.5. The normalized spacial score (nSPS) is 16.1. The highest BCUT2D eigenvalue weighted by molar-refractivity contribution is 6.10. The number of fused-ring (bicyclic) bond motifs is 1. The molecule has 4 rings (SSSR count). The Hall–Kier alpha value is -3.23. The van der Waals surface area contributed by atoms with Crippen molar-refractivity contribution in [2.24, 2.45) is 7.05 Å². The van der Waals surface area contributed by atoms with Crippen LogP contribution in [-0.2, 0) is 18.3 Å². The molecule has 0 aliphatic carbocycles. The fraction of sp³-hybridized carbons (Fsp3) is 0.458. The van der Waals surface area contributed by atoms with E-state index in [4.69, 9.17) is 5.41 Å². The Labute approximate surface area is 192 Å². The fourth-order valence-electron chi connectivity index (χ4n) is 4.60. The number of hydrogen-bond donors (Lipinski definition) is 2. The van der Waals surface area contributed by atoms with Crippen LogP contribution in [0, 0.1) is 5.41 Å². The Morgan fingerprint density at radius 1 is 1.21 bits per heavy atom. The smallest absolute Gasteiger partial charge is 0.264 e. The molecule has 0 atom stereocenters. The van der Waals surface area contributed by atoms with Gasteiger partial charge in [-0.1, -0.05) is 0 Å². The van der Waals surface area contributed by atoms with E-state index in [-0.39, 0.29) is 23.3 Å². The minimum Gasteiger partial charge on any atom is -0.386 e. The minimum atomic E-state index is -2.65. The first-order valence-electron chi connectivity index (χ1n) is 11.2. The summed E-state index contributed by atoms with van der Waals surface area (Å²) in [5, 5.41) is 16.6. The number of aromatic nitrogens is 2. The van der Waals surface area contributed by atoms with Crippen molar-refractivity contribution in [3.63, 3.8) is 0 Å². The van der Waals surface area contributed by atoms with Crippen molar-refractivity contribution >= 4 is 17.4 Å². The molecule has 2 N–H and O–H groups in total. The van der Waals surface area contributed by atoms with Crippen molar-refractivity contribution in [2.75, 3.05) is 24.5 Å². The summed E-state index contributed by atoms with van der Waals surface area (Å²) >= 11 is 0. The monoisotopic (exact) mass is 456 g/mol. The summed E-state index contributed by atoms with van der Waals surface area (Å²) in [7, 11) is 1.76. The van der Waals surface area contributed by atoms with Crippen LogP contribution >= 0.6 is 0 Å². The van der Waals surface area contributed by atoms with Crippen molar-refractivity contribution in [3.05, 3.63) is 46.9 Å². The van der Waals surface area contributed by atoms with Crippen molar-refractivity contribution in [1.29, 1.82) is 5.41 Å². The van der Waals surface area contributed by atoms with Gasteiger partial charge in [0.2, 0.25) is 5.91 Å². The van der Waals surface area contributed by atoms with Gasteiger partial charge in [-0.05, 0) is 43.5 Å². The Balaban J connectivity index is 1.73. The molecule has 0 saturated carbocycles. The Morgan fingerprint density at radius 2 is 1.97 bits per heavy atom. The quantitative estimate of drug-likeness (QED) is 0.529. The summed E-state index contributed by atoms with van der Waals surface area (Å²) in [5.74, 6) is 0.226. The second-order valence-corrected chi connectivity index (χ2v) is 8.97. The molecule has 1 amide bonds. The summed E-state index contributed by atoms with van der Waals surface area (Å²) in [6.45, 7) is 7.07. The summed E-state index contributed by atoms with van der Waals surface area (Å²) in [6.07, 6.45) is 1.97. The Bertz CT molecular complexity index is 1120. The molecule has 0 fully saturated rings. The maximum Gasteiger partial charge on any atom is 0.264 e. The number of amides is 1. The van der Waals surface area contributed by atoms with Crippen LogP contribution in [0.5, 0.6) is 0 Å². The van der Waals surface area contributed by atoms with E-state index in [1.54, 1.807) is 33.9 Å². The third-order valence-corrected chi connectivity index (χ3v) is 6.21.